The summed E-state index contributed by atoms with van der Waals surface area (Å²) in [4.78, 5) is 25.8. The minimum Gasteiger partial charge on any atom is -0.489 e. The van der Waals surface area contributed by atoms with E-state index in [1.54, 1.807) is 18.2 Å². The Labute approximate surface area is 179 Å². The molecule has 1 N–H and O–H groups in total. The molecule has 0 saturated carbocycles. The molecule has 0 aromatic heterocycles. The molecule has 0 saturated heterocycles. The molecule has 2 amide bonds. The van der Waals surface area contributed by atoms with Crippen LogP contribution in [0.4, 0.5) is 5.69 Å². The lowest BCUT2D eigenvalue weighted by molar-refractivity contribution is -0.125. The Morgan fingerprint density at radius 3 is 2.74 bits per heavy atom. The van der Waals surface area contributed by atoms with Crippen molar-refractivity contribution >= 4 is 23.7 Å². The van der Waals surface area contributed by atoms with Gasteiger partial charge in [-0.05, 0) is 35.4 Å². The normalized spacial score (nSPS) is 12.9. The molecular weight excluding hydrogens is 394 g/mol. The van der Waals surface area contributed by atoms with E-state index in [9.17, 15) is 9.59 Å². The van der Waals surface area contributed by atoms with Gasteiger partial charge < -0.3 is 9.47 Å². The predicted octanol–water partition coefficient (Wildman–Crippen LogP) is 3.14. The molecule has 7 heteroatoms. The van der Waals surface area contributed by atoms with Crippen LogP contribution in [0.15, 0.2) is 84.0 Å². The molecule has 0 bridgehead atoms. The van der Waals surface area contributed by atoms with Gasteiger partial charge in [-0.1, -0.05) is 54.6 Å². The lowest BCUT2D eigenvalue weighted by Gasteiger charge is -2.28. The van der Waals surface area contributed by atoms with Crippen LogP contribution in [0.5, 0.6) is 11.5 Å². The number of nitrogens with zero attached hydrogens (tertiary/aromatic N) is 2. The van der Waals surface area contributed by atoms with Gasteiger partial charge in [0.05, 0.1) is 11.9 Å². The summed E-state index contributed by atoms with van der Waals surface area (Å²) in [5, 5.41) is 4.00. The maximum absolute atomic E-state index is 12.3. The summed E-state index contributed by atoms with van der Waals surface area (Å²) in [5.74, 6) is 0.597. The van der Waals surface area contributed by atoms with Crippen molar-refractivity contribution in [1.29, 1.82) is 0 Å². The van der Waals surface area contributed by atoms with Crippen LogP contribution in [-0.2, 0) is 16.2 Å². The highest BCUT2D eigenvalue weighted by molar-refractivity contribution is 6.02. The zero-order valence-corrected chi connectivity index (χ0v) is 16.7. The third-order valence-electron chi connectivity index (χ3n) is 4.62. The number of carbonyl (C=O) groups is 2. The van der Waals surface area contributed by atoms with E-state index in [2.05, 4.69) is 10.5 Å². The van der Waals surface area contributed by atoms with Gasteiger partial charge in [0.15, 0.2) is 6.61 Å². The van der Waals surface area contributed by atoms with Crippen LogP contribution >= 0.6 is 0 Å². The summed E-state index contributed by atoms with van der Waals surface area (Å²) in [6, 6.07) is 24.4. The molecule has 0 fully saturated rings. The number of benzene rings is 3. The van der Waals surface area contributed by atoms with Gasteiger partial charge in [-0.3, -0.25) is 14.5 Å². The monoisotopic (exact) mass is 415 g/mol. The summed E-state index contributed by atoms with van der Waals surface area (Å²) in [5.41, 5.74) is 4.89. The van der Waals surface area contributed by atoms with Crippen LogP contribution in [0.2, 0.25) is 0 Å². The fourth-order valence-corrected chi connectivity index (χ4v) is 3.11. The summed E-state index contributed by atoms with van der Waals surface area (Å²) < 4.78 is 11.2. The number of carbonyl (C=O) groups excluding carboxylic acids is 2. The van der Waals surface area contributed by atoms with Crippen LogP contribution in [-0.4, -0.2) is 31.2 Å². The molecule has 7 nitrogen and oxygen atoms in total. The van der Waals surface area contributed by atoms with E-state index in [1.165, 1.54) is 11.1 Å². The lowest BCUT2D eigenvalue weighted by Crippen LogP contribution is -2.44. The number of fused-ring (bicyclic) bond motifs is 1. The highest BCUT2D eigenvalue weighted by Gasteiger charge is 2.26. The Morgan fingerprint density at radius 1 is 1.06 bits per heavy atom. The molecule has 0 atom stereocenters. The summed E-state index contributed by atoms with van der Waals surface area (Å²) in [6.07, 6.45) is 1.53. The van der Waals surface area contributed by atoms with Crippen LogP contribution in [0.1, 0.15) is 11.1 Å². The Hall–Kier alpha value is -4.13. The molecule has 0 aliphatic carbocycles. The smallest absolute Gasteiger partial charge is 0.265 e. The number of anilines is 1. The minimum absolute atomic E-state index is 0.0939. The maximum Gasteiger partial charge on any atom is 0.265 e. The second kappa shape index (κ2) is 9.58. The molecule has 1 heterocycles. The number of nitrogens with one attached hydrogen (secondary N) is 1. The van der Waals surface area contributed by atoms with Crippen molar-refractivity contribution in [2.75, 3.05) is 18.1 Å². The first-order chi connectivity index (χ1) is 15.2. The zero-order chi connectivity index (χ0) is 21.5. The van der Waals surface area contributed by atoms with Crippen molar-refractivity contribution in [3.63, 3.8) is 0 Å². The Bertz CT molecular complexity index is 1100. The standard InChI is InChI=1S/C24H21N3O4/c28-23(15-27-21-11-4-5-12-22(21)31-17-24(27)29)26-25-14-19-9-6-10-20(13-19)30-16-18-7-2-1-3-8-18/h1-14H,15-17H2,(H,26,28)/b25-14-. The molecule has 3 aromatic rings. The summed E-state index contributed by atoms with van der Waals surface area (Å²) >= 11 is 0. The van der Waals surface area contributed by atoms with Gasteiger partial charge in [-0.25, -0.2) is 5.43 Å². The van der Waals surface area contributed by atoms with Gasteiger partial charge in [0, 0.05) is 0 Å². The van der Waals surface area contributed by atoms with E-state index < -0.39 is 5.91 Å². The Morgan fingerprint density at radius 2 is 1.87 bits per heavy atom. The number of hydrogen-bond acceptors (Lipinski definition) is 5. The van der Waals surface area contributed by atoms with Crippen molar-refractivity contribution in [2.24, 2.45) is 5.10 Å². The average Bonchev–Trinajstić information content (AvgIpc) is 2.81. The number of amides is 2. The molecule has 4 rings (SSSR count). The molecule has 1 aliphatic heterocycles. The molecule has 0 radical (unpaired) electrons. The largest absolute Gasteiger partial charge is 0.489 e. The van der Waals surface area contributed by atoms with Crippen molar-refractivity contribution in [1.82, 2.24) is 5.43 Å². The highest BCUT2D eigenvalue weighted by atomic mass is 16.5. The van der Waals surface area contributed by atoms with E-state index in [0.717, 1.165) is 11.1 Å². The number of rotatable bonds is 7. The molecule has 0 unspecified atom stereocenters. The van der Waals surface area contributed by atoms with E-state index >= 15 is 0 Å². The quantitative estimate of drug-likeness (QED) is 0.475. The average molecular weight is 415 g/mol. The van der Waals surface area contributed by atoms with Crippen molar-refractivity contribution in [2.45, 2.75) is 6.61 Å². The summed E-state index contributed by atoms with van der Waals surface area (Å²) in [7, 11) is 0. The Kier molecular flexibility index (Phi) is 6.23. The molecular formula is C24H21N3O4. The van der Waals surface area contributed by atoms with Gasteiger partial charge in [0.2, 0.25) is 0 Å². The van der Waals surface area contributed by atoms with Gasteiger partial charge in [0.25, 0.3) is 11.8 Å². The van der Waals surface area contributed by atoms with Gasteiger partial charge in [-0.15, -0.1) is 0 Å². The lowest BCUT2D eigenvalue weighted by atomic mass is 10.2. The van der Waals surface area contributed by atoms with Crippen LogP contribution < -0.4 is 19.8 Å². The SMILES string of the molecule is O=C(CN1C(=O)COc2ccccc21)N/N=C\c1cccc(OCc2ccccc2)c1. The van der Waals surface area contributed by atoms with Crippen LogP contribution in [0.25, 0.3) is 0 Å². The fraction of sp³-hybridized carbons (Fsp3) is 0.125. The second-order valence-corrected chi connectivity index (χ2v) is 6.88. The highest BCUT2D eigenvalue weighted by Crippen LogP contribution is 2.31. The van der Waals surface area contributed by atoms with E-state index in [0.29, 0.717) is 23.8 Å². The minimum atomic E-state index is -0.405. The third-order valence-corrected chi connectivity index (χ3v) is 4.62. The van der Waals surface area contributed by atoms with Crippen molar-refractivity contribution in [3.05, 3.63) is 90.0 Å². The topological polar surface area (TPSA) is 80.2 Å². The van der Waals surface area contributed by atoms with E-state index in [4.69, 9.17) is 9.47 Å². The first-order valence-corrected chi connectivity index (χ1v) is 9.80. The van der Waals surface area contributed by atoms with E-state index in [-0.39, 0.29) is 19.1 Å². The first kappa shape index (κ1) is 20.2. The van der Waals surface area contributed by atoms with E-state index in [1.807, 2.05) is 60.7 Å². The Balaban J connectivity index is 1.32. The molecule has 3 aromatic carbocycles. The first-order valence-electron chi connectivity index (χ1n) is 9.80. The molecule has 31 heavy (non-hydrogen) atoms. The molecule has 0 spiro atoms. The number of hydrogen-bond donors (Lipinski definition) is 1. The number of ether oxygens (including phenoxy) is 2. The number of para-hydroxylation sites is 2. The third kappa shape index (κ3) is 5.27. The second-order valence-electron chi connectivity index (χ2n) is 6.88. The van der Waals surface area contributed by atoms with Crippen molar-refractivity contribution < 1.29 is 19.1 Å². The van der Waals surface area contributed by atoms with Gasteiger partial charge in [0.1, 0.15) is 24.7 Å². The van der Waals surface area contributed by atoms with Gasteiger partial charge >= 0.3 is 0 Å². The zero-order valence-electron chi connectivity index (χ0n) is 16.7. The van der Waals surface area contributed by atoms with Crippen LogP contribution in [0, 0.1) is 0 Å². The van der Waals surface area contributed by atoms with Crippen molar-refractivity contribution in [3.8, 4) is 11.5 Å². The van der Waals surface area contributed by atoms with Crippen LogP contribution in [0.3, 0.4) is 0 Å². The van der Waals surface area contributed by atoms with Gasteiger partial charge in [-0.2, -0.15) is 5.10 Å². The number of hydrazone groups is 1. The predicted molar refractivity (Wildman–Crippen MR) is 117 cm³/mol. The summed E-state index contributed by atoms with van der Waals surface area (Å²) in [6.45, 7) is 0.229. The molecule has 1 aliphatic rings. The molecule has 156 valence electrons. The maximum atomic E-state index is 12.3. The fourth-order valence-electron chi connectivity index (χ4n) is 3.11.